The first-order valence-electron chi connectivity index (χ1n) is 3.45. The lowest BCUT2D eigenvalue weighted by Crippen LogP contribution is -1.96. The van der Waals surface area contributed by atoms with E-state index in [1.807, 2.05) is 0 Å². The van der Waals surface area contributed by atoms with Gasteiger partial charge >= 0.3 is 0 Å². The van der Waals surface area contributed by atoms with Gasteiger partial charge in [-0.05, 0) is 29.6 Å². The van der Waals surface area contributed by atoms with Crippen molar-refractivity contribution >= 4 is 22.6 Å². The Labute approximate surface area is 71.0 Å². The predicted octanol–water partition coefficient (Wildman–Crippen LogP) is 2.66. The molecule has 2 heteroatoms. The zero-order chi connectivity index (χ0) is 7.11. The van der Waals surface area contributed by atoms with Crippen molar-refractivity contribution in [2.45, 2.75) is 26.2 Å². The molecule has 0 aliphatic rings. The molecule has 55 valence electrons. The van der Waals surface area contributed by atoms with E-state index in [9.17, 15) is 5.11 Å². The normalized spacial score (nSPS) is 13.7. The molecule has 0 rings (SSSR count). The molecule has 0 saturated carbocycles. The highest BCUT2D eigenvalue weighted by Gasteiger charge is 1.99. The van der Waals surface area contributed by atoms with Gasteiger partial charge in [0.15, 0.2) is 0 Å². The fraction of sp³-hybridized carbons (Fsp3) is 1.00. The predicted molar refractivity (Wildman–Crippen MR) is 47.5 cm³/mol. The summed E-state index contributed by atoms with van der Waals surface area (Å²) in [6, 6.07) is 0. The van der Waals surface area contributed by atoms with Crippen LogP contribution in [0.4, 0.5) is 0 Å². The van der Waals surface area contributed by atoms with Gasteiger partial charge in [-0.15, -0.1) is 0 Å². The van der Waals surface area contributed by atoms with E-state index < -0.39 is 0 Å². The molecule has 0 heterocycles. The van der Waals surface area contributed by atoms with Gasteiger partial charge in [-0.25, -0.2) is 5.11 Å². The Morgan fingerprint density at radius 1 is 1.44 bits per heavy atom. The highest BCUT2D eigenvalue weighted by atomic mass is 127. The molecule has 1 unspecified atom stereocenters. The molecule has 0 aromatic rings. The first kappa shape index (κ1) is 9.69. The van der Waals surface area contributed by atoms with E-state index in [4.69, 9.17) is 0 Å². The zero-order valence-corrected chi connectivity index (χ0v) is 8.06. The van der Waals surface area contributed by atoms with Crippen LogP contribution in [-0.2, 0) is 5.11 Å². The molecule has 1 nitrogen and oxygen atoms in total. The van der Waals surface area contributed by atoms with Gasteiger partial charge in [0, 0.05) is 0 Å². The lowest BCUT2D eigenvalue weighted by Gasteiger charge is -2.05. The molecule has 0 saturated heterocycles. The maximum atomic E-state index is 10.1. The topological polar surface area (TPSA) is 19.9 Å². The van der Waals surface area contributed by atoms with Crippen molar-refractivity contribution in [3.05, 3.63) is 0 Å². The molecule has 9 heavy (non-hydrogen) atoms. The minimum absolute atomic E-state index is 0.0996. The van der Waals surface area contributed by atoms with E-state index in [1.165, 1.54) is 17.3 Å². The number of halogens is 1. The smallest absolute Gasteiger partial charge is 0.0824 e. The maximum absolute atomic E-state index is 10.1. The summed E-state index contributed by atoms with van der Waals surface area (Å²) in [5, 5.41) is 10.1. The van der Waals surface area contributed by atoms with Crippen LogP contribution in [0, 0.1) is 5.92 Å². The molecule has 0 fully saturated rings. The Balaban J connectivity index is 2.95. The minimum Gasteiger partial charge on any atom is -0.237 e. The van der Waals surface area contributed by atoms with Gasteiger partial charge in [-0.2, -0.15) is 0 Å². The van der Waals surface area contributed by atoms with Crippen LogP contribution in [-0.4, -0.2) is 11.0 Å². The first-order valence-corrected chi connectivity index (χ1v) is 4.98. The average molecular weight is 241 g/mol. The van der Waals surface area contributed by atoms with Crippen molar-refractivity contribution in [2.75, 3.05) is 11.0 Å². The third kappa shape index (κ3) is 6.58. The molecule has 1 radical (unpaired) electrons. The van der Waals surface area contributed by atoms with Crippen molar-refractivity contribution in [1.29, 1.82) is 0 Å². The van der Waals surface area contributed by atoms with Crippen LogP contribution in [0.1, 0.15) is 26.2 Å². The number of rotatable bonds is 5. The minimum atomic E-state index is 0.0996. The molecule has 0 aromatic heterocycles. The van der Waals surface area contributed by atoms with Crippen LogP contribution in [0.2, 0.25) is 0 Å². The number of hydrogen-bond acceptors (Lipinski definition) is 0. The van der Waals surface area contributed by atoms with E-state index in [0.29, 0.717) is 5.92 Å². The summed E-state index contributed by atoms with van der Waals surface area (Å²) < 4.78 is 1.22. The standard InChI is InChI=1S/C7H14IO/c1-7(4-6-9)3-2-5-8/h7H,2-6H2,1H3. The molecule has 0 aliphatic carbocycles. The Hall–Kier alpha value is 0.690. The molecular formula is C7H14IO. The molecule has 1 atom stereocenters. The quantitative estimate of drug-likeness (QED) is 0.521. The fourth-order valence-corrected chi connectivity index (χ4v) is 1.21. The van der Waals surface area contributed by atoms with Crippen LogP contribution in [0.3, 0.4) is 0 Å². The third-order valence-corrected chi connectivity index (χ3v) is 2.20. The van der Waals surface area contributed by atoms with Gasteiger partial charge in [0.1, 0.15) is 0 Å². The molecule has 0 N–H and O–H groups in total. The second-order valence-electron chi connectivity index (χ2n) is 2.43. The molecule has 0 amide bonds. The summed E-state index contributed by atoms with van der Waals surface area (Å²) in [6.45, 7) is 2.26. The van der Waals surface area contributed by atoms with Crippen LogP contribution in [0.15, 0.2) is 0 Å². The van der Waals surface area contributed by atoms with E-state index in [0.717, 1.165) is 6.42 Å². The first-order chi connectivity index (χ1) is 4.31. The molecular weight excluding hydrogens is 227 g/mol. The van der Waals surface area contributed by atoms with Gasteiger partial charge in [0.2, 0.25) is 0 Å². The van der Waals surface area contributed by atoms with Crippen LogP contribution < -0.4 is 0 Å². The highest BCUT2D eigenvalue weighted by Crippen LogP contribution is 2.10. The van der Waals surface area contributed by atoms with E-state index in [2.05, 4.69) is 29.5 Å². The molecule has 0 aromatic carbocycles. The monoisotopic (exact) mass is 241 g/mol. The van der Waals surface area contributed by atoms with Crippen LogP contribution in [0.25, 0.3) is 0 Å². The van der Waals surface area contributed by atoms with Gasteiger partial charge in [0.05, 0.1) is 6.61 Å². The fourth-order valence-electron chi connectivity index (χ4n) is 0.771. The van der Waals surface area contributed by atoms with E-state index in [-0.39, 0.29) is 6.61 Å². The number of hydrogen-bond donors (Lipinski definition) is 0. The summed E-state index contributed by atoms with van der Waals surface area (Å²) in [7, 11) is 0. The van der Waals surface area contributed by atoms with Crippen molar-refractivity contribution < 1.29 is 5.11 Å². The van der Waals surface area contributed by atoms with E-state index in [1.54, 1.807) is 0 Å². The maximum Gasteiger partial charge on any atom is 0.0824 e. The highest BCUT2D eigenvalue weighted by molar-refractivity contribution is 14.1. The van der Waals surface area contributed by atoms with Gasteiger partial charge in [-0.3, -0.25) is 0 Å². The molecule has 0 spiro atoms. The van der Waals surface area contributed by atoms with Gasteiger partial charge < -0.3 is 0 Å². The lowest BCUT2D eigenvalue weighted by atomic mass is 10.0. The lowest BCUT2D eigenvalue weighted by molar-refractivity contribution is 0.171. The van der Waals surface area contributed by atoms with Crippen molar-refractivity contribution in [2.24, 2.45) is 5.92 Å². The average Bonchev–Trinajstić information content (AvgIpc) is 1.85. The van der Waals surface area contributed by atoms with Crippen molar-refractivity contribution in [1.82, 2.24) is 0 Å². The Morgan fingerprint density at radius 2 is 2.11 bits per heavy atom. The molecule has 0 aliphatic heterocycles. The van der Waals surface area contributed by atoms with E-state index >= 15 is 0 Å². The second-order valence-corrected chi connectivity index (χ2v) is 3.51. The van der Waals surface area contributed by atoms with Crippen LogP contribution >= 0.6 is 22.6 Å². The second kappa shape index (κ2) is 6.81. The molecule has 0 bridgehead atoms. The Morgan fingerprint density at radius 3 is 2.56 bits per heavy atom. The van der Waals surface area contributed by atoms with Gasteiger partial charge in [0.25, 0.3) is 0 Å². The van der Waals surface area contributed by atoms with Gasteiger partial charge in [-0.1, -0.05) is 29.5 Å². The Bertz CT molecular complexity index is 56.9. The summed E-state index contributed by atoms with van der Waals surface area (Å²) in [4.78, 5) is 0. The number of alkyl halides is 1. The zero-order valence-electron chi connectivity index (χ0n) is 5.90. The Kier molecular flexibility index (Phi) is 7.33. The van der Waals surface area contributed by atoms with Crippen LogP contribution in [0.5, 0.6) is 0 Å². The van der Waals surface area contributed by atoms with Crippen molar-refractivity contribution in [3.63, 3.8) is 0 Å². The third-order valence-electron chi connectivity index (χ3n) is 1.44. The summed E-state index contributed by atoms with van der Waals surface area (Å²) in [5.41, 5.74) is 0. The summed E-state index contributed by atoms with van der Waals surface area (Å²) >= 11 is 2.37. The van der Waals surface area contributed by atoms with Crippen molar-refractivity contribution in [3.8, 4) is 0 Å². The summed E-state index contributed by atoms with van der Waals surface area (Å²) in [6.07, 6.45) is 3.35. The SMILES string of the molecule is CC(CC[O])CCCI. The largest absolute Gasteiger partial charge is 0.237 e. The summed E-state index contributed by atoms with van der Waals surface area (Å²) in [5.74, 6) is 0.650.